The van der Waals surface area contributed by atoms with E-state index < -0.39 is 7.60 Å². The summed E-state index contributed by atoms with van der Waals surface area (Å²) in [6.07, 6.45) is 1.44. The van der Waals surface area contributed by atoms with Crippen LogP contribution in [0.4, 0.5) is 0 Å². The van der Waals surface area contributed by atoms with Crippen LogP contribution in [0, 0.1) is 0 Å². The molecule has 0 spiro atoms. The van der Waals surface area contributed by atoms with Gasteiger partial charge < -0.3 is 9.05 Å². The van der Waals surface area contributed by atoms with Crippen molar-refractivity contribution < 1.29 is 13.6 Å². The van der Waals surface area contributed by atoms with Crippen LogP contribution in [0.5, 0.6) is 0 Å². The molecule has 0 fully saturated rings. The van der Waals surface area contributed by atoms with Crippen molar-refractivity contribution in [1.82, 2.24) is 0 Å². The first kappa shape index (κ1) is 14.4. The molecule has 17 heavy (non-hydrogen) atoms. The fourth-order valence-corrected chi connectivity index (χ4v) is 2.68. The van der Waals surface area contributed by atoms with Gasteiger partial charge in [0, 0.05) is 14.2 Å². The first-order chi connectivity index (χ1) is 8.04. The second-order valence-corrected chi connectivity index (χ2v) is 6.45. The molecule has 0 aliphatic carbocycles. The highest BCUT2D eigenvalue weighted by molar-refractivity contribution is 7.52. The van der Waals surface area contributed by atoms with Gasteiger partial charge in [-0.3, -0.25) is 4.57 Å². The molecule has 0 heterocycles. The lowest BCUT2D eigenvalue weighted by Gasteiger charge is -2.14. The molecule has 1 aromatic carbocycles. The van der Waals surface area contributed by atoms with Crippen molar-refractivity contribution in [2.45, 2.75) is 32.3 Å². The molecule has 0 aliphatic rings. The molecule has 0 aromatic heterocycles. The first-order valence-electron chi connectivity index (χ1n) is 5.84. The average Bonchev–Trinajstić information content (AvgIpc) is 2.38. The van der Waals surface area contributed by atoms with Crippen molar-refractivity contribution in [2.75, 3.05) is 14.2 Å². The number of benzene rings is 1. The van der Waals surface area contributed by atoms with E-state index in [-0.39, 0.29) is 0 Å². The zero-order valence-corrected chi connectivity index (χ0v) is 11.9. The summed E-state index contributed by atoms with van der Waals surface area (Å²) in [5, 5.41) is 0. The Morgan fingerprint density at radius 3 is 2.12 bits per heavy atom. The largest absolute Gasteiger partial charge is 0.334 e. The Morgan fingerprint density at radius 1 is 1.18 bits per heavy atom. The lowest BCUT2D eigenvalue weighted by atomic mass is 9.98. The summed E-state index contributed by atoms with van der Waals surface area (Å²) in [7, 11) is -0.120. The molecule has 96 valence electrons. The van der Waals surface area contributed by atoms with Crippen molar-refractivity contribution in [2.24, 2.45) is 0 Å². The maximum absolute atomic E-state index is 12.0. The molecule has 0 N–H and O–H groups in total. The van der Waals surface area contributed by atoms with Crippen LogP contribution in [0.25, 0.3) is 0 Å². The lowest BCUT2D eigenvalue weighted by Crippen LogP contribution is -1.95. The van der Waals surface area contributed by atoms with E-state index in [2.05, 4.69) is 26.0 Å². The molecule has 3 nitrogen and oxygen atoms in total. The zero-order valence-electron chi connectivity index (χ0n) is 11.0. The topological polar surface area (TPSA) is 35.5 Å². The maximum Gasteiger partial charge on any atom is 0.334 e. The molecule has 4 heteroatoms. The molecule has 0 radical (unpaired) electrons. The van der Waals surface area contributed by atoms with Crippen LogP contribution in [0.2, 0.25) is 0 Å². The number of hydrogen-bond acceptors (Lipinski definition) is 3. The van der Waals surface area contributed by atoms with Crippen LogP contribution in [-0.2, 0) is 19.8 Å². The molecule has 0 amide bonds. The number of hydrogen-bond donors (Lipinski definition) is 0. The van der Waals surface area contributed by atoms with E-state index in [1.807, 2.05) is 12.1 Å². The summed E-state index contributed by atoms with van der Waals surface area (Å²) >= 11 is 0. The van der Waals surface area contributed by atoms with E-state index in [4.69, 9.17) is 9.05 Å². The van der Waals surface area contributed by atoms with Crippen molar-refractivity contribution in [3.8, 4) is 0 Å². The van der Waals surface area contributed by atoms with Crippen LogP contribution in [-0.4, -0.2) is 14.2 Å². The SMILES string of the molecule is CCC(C)c1ccc(CP(=O)(OC)OC)cc1. The van der Waals surface area contributed by atoms with Gasteiger partial charge in [0.05, 0.1) is 6.16 Å². The van der Waals surface area contributed by atoms with Crippen molar-refractivity contribution >= 4 is 7.60 Å². The second-order valence-electron chi connectivity index (χ2n) is 4.19. The second kappa shape index (κ2) is 6.34. The van der Waals surface area contributed by atoms with E-state index in [9.17, 15) is 4.57 Å². The molecular formula is C13H21O3P. The van der Waals surface area contributed by atoms with Crippen LogP contribution >= 0.6 is 7.60 Å². The quantitative estimate of drug-likeness (QED) is 0.716. The van der Waals surface area contributed by atoms with Crippen LogP contribution < -0.4 is 0 Å². The van der Waals surface area contributed by atoms with Crippen LogP contribution in [0.1, 0.15) is 37.3 Å². The molecule has 1 aromatic rings. The summed E-state index contributed by atoms with van der Waals surface area (Å²) in [6, 6.07) is 8.15. The van der Waals surface area contributed by atoms with E-state index in [0.29, 0.717) is 12.1 Å². The summed E-state index contributed by atoms with van der Waals surface area (Å²) in [5.41, 5.74) is 2.28. The lowest BCUT2D eigenvalue weighted by molar-refractivity contribution is 0.275. The third-order valence-corrected chi connectivity index (χ3v) is 4.96. The fraction of sp³-hybridized carbons (Fsp3) is 0.538. The van der Waals surface area contributed by atoms with Gasteiger partial charge in [0.2, 0.25) is 0 Å². The summed E-state index contributed by atoms with van der Waals surface area (Å²) < 4.78 is 21.8. The Labute approximate surface area is 104 Å². The minimum Gasteiger partial charge on any atom is -0.312 e. The monoisotopic (exact) mass is 256 g/mol. The van der Waals surface area contributed by atoms with Gasteiger partial charge in [-0.25, -0.2) is 0 Å². The van der Waals surface area contributed by atoms with E-state index in [1.54, 1.807) is 0 Å². The van der Waals surface area contributed by atoms with E-state index in [1.165, 1.54) is 19.8 Å². The number of rotatable bonds is 6. The highest BCUT2D eigenvalue weighted by Crippen LogP contribution is 2.49. The molecule has 0 aliphatic heterocycles. The summed E-state index contributed by atoms with van der Waals surface area (Å²) in [5.74, 6) is 0.556. The Morgan fingerprint density at radius 2 is 1.71 bits per heavy atom. The van der Waals surface area contributed by atoms with Gasteiger partial charge in [0.15, 0.2) is 0 Å². The van der Waals surface area contributed by atoms with Gasteiger partial charge >= 0.3 is 7.60 Å². The van der Waals surface area contributed by atoms with E-state index in [0.717, 1.165) is 12.0 Å². The van der Waals surface area contributed by atoms with Crippen molar-refractivity contribution in [1.29, 1.82) is 0 Å². The molecule has 0 saturated heterocycles. The Balaban J connectivity index is 2.78. The predicted molar refractivity (Wildman–Crippen MR) is 70.5 cm³/mol. The highest BCUT2D eigenvalue weighted by atomic mass is 31.2. The van der Waals surface area contributed by atoms with Gasteiger partial charge in [-0.15, -0.1) is 0 Å². The van der Waals surface area contributed by atoms with E-state index >= 15 is 0 Å². The molecule has 1 unspecified atom stereocenters. The smallest absolute Gasteiger partial charge is 0.312 e. The Bertz CT molecular complexity index is 378. The molecular weight excluding hydrogens is 235 g/mol. The molecule has 0 saturated carbocycles. The summed E-state index contributed by atoms with van der Waals surface area (Å²) in [6.45, 7) is 4.37. The maximum atomic E-state index is 12.0. The molecule has 1 rings (SSSR count). The minimum absolute atomic E-state index is 0.320. The van der Waals surface area contributed by atoms with Crippen molar-refractivity contribution in [3.63, 3.8) is 0 Å². The van der Waals surface area contributed by atoms with Crippen LogP contribution in [0.3, 0.4) is 0 Å². The van der Waals surface area contributed by atoms with Gasteiger partial charge in [-0.1, -0.05) is 38.1 Å². The van der Waals surface area contributed by atoms with Crippen molar-refractivity contribution in [3.05, 3.63) is 35.4 Å². The minimum atomic E-state index is -2.95. The average molecular weight is 256 g/mol. The fourth-order valence-electron chi connectivity index (χ4n) is 1.61. The Hall–Kier alpha value is -0.630. The predicted octanol–water partition coefficient (Wildman–Crippen LogP) is 4.19. The van der Waals surface area contributed by atoms with Gasteiger partial charge in [-0.2, -0.15) is 0 Å². The van der Waals surface area contributed by atoms with Crippen LogP contribution in [0.15, 0.2) is 24.3 Å². The molecule has 0 bridgehead atoms. The normalized spacial score (nSPS) is 13.6. The summed E-state index contributed by atoms with van der Waals surface area (Å²) in [4.78, 5) is 0. The molecule has 1 atom stereocenters. The Kier molecular flexibility index (Phi) is 5.38. The van der Waals surface area contributed by atoms with Gasteiger partial charge in [-0.05, 0) is 23.5 Å². The first-order valence-corrected chi connectivity index (χ1v) is 7.56. The highest BCUT2D eigenvalue weighted by Gasteiger charge is 2.21. The van der Waals surface area contributed by atoms with Gasteiger partial charge in [0.1, 0.15) is 0 Å². The standard InChI is InChI=1S/C13H21O3P/c1-5-11(2)13-8-6-12(7-9-13)10-17(14,15-3)16-4/h6-9,11H,5,10H2,1-4H3. The van der Waals surface area contributed by atoms with Gasteiger partial charge in [0.25, 0.3) is 0 Å². The zero-order chi connectivity index (χ0) is 12.9. The third-order valence-electron chi connectivity index (χ3n) is 3.09. The third kappa shape index (κ3) is 3.95.